The molecule has 154 valence electrons. The van der Waals surface area contributed by atoms with E-state index in [2.05, 4.69) is 15.6 Å². The van der Waals surface area contributed by atoms with Gasteiger partial charge >= 0.3 is 5.69 Å². The number of rotatable bonds is 3. The zero-order chi connectivity index (χ0) is 21.6. The van der Waals surface area contributed by atoms with Crippen molar-refractivity contribution >= 4 is 28.5 Å². The van der Waals surface area contributed by atoms with Crippen LogP contribution in [0, 0.1) is 0 Å². The van der Waals surface area contributed by atoms with E-state index in [4.69, 9.17) is 0 Å². The van der Waals surface area contributed by atoms with E-state index >= 15 is 0 Å². The van der Waals surface area contributed by atoms with Gasteiger partial charge in [0.1, 0.15) is 11.3 Å². The molecule has 2 amide bonds. The highest BCUT2D eigenvalue weighted by Crippen LogP contribution is 2.26. The number of anilines is 1. The molecular formula is C21H21N5O4. The first-order valence-electron chi connectivity index (χ1n) is 9.56. The van der Waals surface area contributed by atoms with Crippen molar-refractivity contribution in [3.63, 3.8) is 0 Å². The zero-order valence-corrected chi connectivity index (χ0v) is 16.9. The minimum absolute atomic E-state index is 0.00297. The molecule has 30 heavy (non-hydrogen) atoms. The van der Waals surface area contributed by atoms with E-state index in [0.717, 1.165) is 21.4 Å². The average molecular weight is 407 g/mol. The van der Waals surface area contributed by atoms with Gasteiger partial charge in [-0.1, -0.05) is 12.1 Å². The molecule has 9 heteroatoms. The minimum atomic E-state index is -0.507. The van der Waals surface area contributed by atoms with Crippen molar-refractivity contribution in [1.82, 2.24) is 19.4 Å². The number of benzene rings is 1. The minimum Gasteiger partial charge on any atom is -0.344 e. The van der Waals surface area contributed by atoms with Crippen LogP contribution < -0.4 is 21.9 Å². The number of pyridine rings is 1. The molecule has 0 spiro atoms. The number of nitrogens with zero attached hydrogens (tertiary/aromatic N) is 3. The summed E-state index contributed by atoms with van der Waals surface area (Å²) in [7, 11) is 2.91. The van der Waals surface area contributed by atoms with E-state index in [9.17, 15) is 19.2 Å². The van der Waals surface area contributed by atoms with Crippen LogP contribution in [0.5, 0.6) is 0 Å². The number of carbonyl (C=O) groups excluding carboxylic acids is 2. The lowest BCUT2D eigenvalue weighted by Crippen LogP contribution is -2.37. The first-order valence-corrected chi connectivity index (χ1v) is 9.56. The lowest BCUT2D eigenvalue weighted by Gasteiger charge is -2.20. The summed E-state index contributed by atoms with van der Waals surface area (Å²) >= 11 is 0. The molecule has 2 aromatic heterocycles. The Labute approximate surface area is 171 Å². The summed E-state index contributed by atoms with van der Waals surface area (Å²) in [6.07, 6.45) is 1.10. The zero-order valence-electron chi connectivity index (χ0n) is 16.9. The van der Waals surface area contributed by atoms with Gasteiger partial charge < -0.3 is 10.6 Å². The van der Waals surface area contributed by atoms with Gasteiger partial charge in [0.05, 0.1) is 11.4 Å². The van der Waals surface area contributed by atoms with Crippen LogP contribution in [-0.2, 0) is 25.3 Å². The molecule has 1 aliphatic heterocycles. The Morgan fingerprint density at radius 3 is 2.63 bits per heavy atom. The maximum atomic E-state index is 12.8. The molecule has 0 saturated heterocycles. The fourth-order valence-corrected chi connectivity index (χ4v) is 3.61. The van der Waals surface area contributed by atoms with Gasteiger partial charge in [0.15, 0.2) is 0 Å². The van der Waals surface area contributed by atoms with Gasteiger partial charge in [-0.2, -0.15) is 0 Å². The molecule has 0 saturated carbocycles. The van der Waals surface area contributed by atoms with E-state index in [1.54, 1.807) is 0 Å². The average Bonchev–Trinajstić information content (AvgIpc) is 2.75. The van der Waals surface area contributed by atoms with E-state index in [0.29, 0.717) is 12.8 Å². The molecule has 0 unspecified atom stereocenters. The lowest BCUT2D eigenvalue weighted by atomic mass is 9.98. The van der Waals surface area contributed by atoms with Crippen molar-refractivity contribution in [3.05, 3.63) is 68.0 Å². The van der Waals surface area contributed by atoms with E-state index in [1.165, 1.54) is 30.8 Å². The van der Waals surface area contributed by atoms with Crippen LogP contribution in [0.15, 0.2) is 39.9 Å². The Morgan fingerprint density at radius 1 is 1.10 bits per heavy atom. The fourth-order valence-electron chi connectivity index (χ4n) is 3.61. The first-order chi connectivity index (χ1) is 14.3. The maximum Gasteiger partial charge on any atom is 0.332 e. The van der Waals surface area contributed by atoms with Crippen molar-refractivity contribution in [3.8, 4) is 0 Å². The topological polar surface area (TPSA) is 115 Å². The highest BCUT2D eigenvalue weighted by molar-refractivity contribution is 5.95. The van der Waals surface area contributed by atoms with Gasteiger partial charge in [-0.05, 0) is 42.7 Å². The Morgan fingerprint density at radius 2 is 1.87 bits per heavy atom. The predicted molar refractivity (Wildman–Crippen MR) is 111 cm³/mol. The molecule has 2 N–H and O–H groups in total. The molecule has 0 fully saturated rings. The second-order valence-corrected chi connectivity index (χ2v) is 7.43. The molecule has 3 heterocycles. The van der Waals surface area contributed by atoms with Crippen molar-refractivity contribution in [1.29, 1.82) is 0 Å². The normalized spacial score (nSPS) is 14.2. The van der Waals surface area contributed by atoms with Gasteiger partial charge in [-0.15, -0.1) is 0 Å². The number of nitrogens with one attached hydrogen (secondary N) is 2. The maximum absolute atomic E-state index is 12.8. The van der Waals surface area contributed by atoms with Gasteiger partial charge in [0.2, 0.25) is 5.91 Å². The third kappa shape index (κ3) is 3.28. The summed E-state index contributed by atoms with van der Waals surface area (Å²) in [5.74, 6) is -0.410. The van der Waals surface area contributed by atoms with Crippen LogP contribution in [0.25, 0.3) is 11.0 Å². The predicted octanol–water partition coefficient (Wildman–Crippen LogP) is 1.01. The van der Waals surface area contributed by atoms with Crippen LogP contribution in [0.1, 0.15) is 41.0 Å². The Bertz CT molecular complexity index is 1320. The number of aromatic nitrogens is 3. The summed E-state index contributed by atoms with van der Waals surface area (Å²) in [5.41, 5.74) is 2.04. The van der Waals surface area contributed by atoms with Crippen molar-refractivity contribution in [2.75, 3.05) is 5.32 Å². The van der Waals surface area contributed by atoms with Gasteiger partial charge in [-0.3, -0.25) is 23.5 Å². The Balaban J connectivity index is 1.61. The van der Waals surface area contributed by atoms with Crippen LogP contribution >= 0.6 is 0 Å². The SMILES string of the molecule is C[C@H](NC(=O)c1ccc2c(=O)n(C)c(=O)n(C)c2n1)c1ccc2c(c1)CCC(=O)N2. The number of aryl methyl sites for hydroxylation is 2. The summed E-state index contributed by atoms with van der Waals surface area (Å²) in [6.45, 7) is 1.85. The Hall–Kier alpha value is -3.75. The summed E-state index contributed by atoms with van der Waals surface area (Å²) in [5, 5.41) is 5.99. The molecule has 1 atom stereocenters. The van der Waals surface area contributed by atoms with E-state index in [1.807, 2.05) is 25.1 Å². The lowest BCUT2D eigenvalue weighted by molar-refractivity contribution is -0.116. The highest BCUT2D eigenvalue weighted by Gasteiger charge is 2.19. The van der Waals surface area contributed by atoms with Crippen LogP contribution in [0.3, 0.4) is 0 Å². The second kappa shape index (κ2) is 7.25. The number of carbonyl (C=O) groups is 2. The van der Waals surface area contributed by atoms with Crippen molar-refractivity contribution in [2.45, 2.75) is 25.8 Å². The third-order valence-electron chi connectivity index (χ3n) is 5.41. The molecule has 1 aromatic carbocycles. The van der Waals surface area contributed by atoms with E-state index in [-0.39, 0.29) is 28.7 Å². The number of fused-ring (bicyclic) bond motifs is 2. The van der Waals surface area contributed by atoms with Crippen LogP contribution in [0.4, 0.5) is 5.69 Å². The standard InChI is InChI=1S/C21H21N5O4/c1-11(12-4-7-15-13(10-12)5-9-17(27)23-15)22-19(28)16-8-6-14-18(24-16)25(2)21(30)26(3)20(14)29/h4,6-8,10-11H,5,9H2,1-3H3,(H,22,28)(H,23,27)/t11-/m0/s1. The molecule has 3 aromatic rings. The molecular weight excluding hydrogens is 386 g/mol. The highest BCUT2D eigenvalue weighted by atomic mass is 16.2. The Kier molecular flexibility index (Phi) is 4.73. The molecule has 4 rings (SSSR count). The quantitative estimate of drug-likeness (QED) is 0.672. The largest absolute Gasteiger partial charge is 0.344 e. The number of hydrogen-bond acceptors (Lipinski definition) is 5. The molecule has 0 radical (unpaired) electrons. The summed E-state index contributed by atoms with van der Waals surface area (Å²) < 4.78 is 2.25. The fraction of sp³-hybridized carbons (Fsp3) is 0.286. The van der Waals surface area contributed by atoms with Crippen molar-refractivity contribution < 1.29 is 9.59 Å². The third-order valence-corrected chi connectivity index (χ3v) is 5.41. The van der Waals surface area contributed by atoms with Crippen LogP contribution in [-0.4, -0.2) is 25.9 Å². The van der Waals surface area contributed by atoms with Gasteiger partial charge in [0.25, 0.3) is 11.5 Å². The monoisotopic (exact) mass is 407 g/mol. The summed E-state index contributed by atoms with van der Waals surface area (Å²) in [6, 6.07) is 8.34. The second-order valence-electron chi connectivity index (χ2n) is 7.43. The van der Waals surface area contributed by atoms with Gasteiger partial charge in [-0.25, -0.2) is 9.78 Å². The summed E-state index contributed by atoms with van der Waals surface area (Å²) in [4.78, 5) is 52.9. The van der Waals surface area contributed by atoms with Gasteiger partial charge in [0, 0.05) is 26.2 Å². The molecule has 0 bridgehead atoms. The number of amides is 2. The van der Waals surface area contributed by atoms with Crippen molar-refractivity contribution in [2.24, 2.45) is 14.1 Å². The molecule has 1 aliphatic rings. The molecule has 0 aliphatic carbocycles. The smallest absolute Gasteiger partial charge is 0.332 e. The number of hydrogen-bond donors (Lipinski definition) is 2. The van der Waals surface area contributed by atoms with Crippen LogP contribution in [0.2, 0.25) is 0 Å². The molecule has 9 nitrogen and oxygen atoms in total. The van der Waals surface area contributed by atoms with E-state index < -0.39 is 17.2 Å². The first kappa shape index (κ1) is 19.6.